The molecule has 0 spiro atoms. The predicted molar refractivity (Wildman–Crippen MR) is 166 cm³/mol. The first-order chi connectivity index (χ1) is 21.1. The highest BCUT2D eigenvalue weighted by Crippen LogP contribution is 2.36. The highest BCUT2D eigenvalue weighted by molar-refractivity contribution is 6.33. The van der Waals surface area contributed by atoms with E-state index < -0.39 is 6.03 Å². The summed E-state index contributed by atoms with van der Waals surface area (Å²) < 4.78 is 13.2. The summed E-state index contributed by atoms with van der Waals surface area (Å²) in [6.45, 7) is 1.03. The summed E-state index contributed by atoms with van der Waals surface area (Å²) in [5.74, 6) is 1.80. The lowest BCUT2D eigenvalue weighted by Crippen LogP contribution is -2.19. The summed E-state index contributed by atoms with van der Waals surface area (Å²) in [5, 5.41) is 14.3. The van der Waals surface area contributed by atoms with Crippen molar-refractivity contribution < 1.29 is 14.3 Å². The van der Waals surface area contributed by atoms with Crippen molar-refractivity contribution in [2.75, 3.05) is 29.2 Å². The minimum atomic E-state index is -0.411. The van der Waals surface area contributed by atoms with Gasteiger partial charge in [0.1, 0.15) is 18.9 Å². The van der Waals surface area contributed by atoms with Crippen molar-refractivity contribution in [2.45, 2.75) is 0 Å². The number of ether oxygens (including phenoxy) is 2. The van der Waals surface area contributed by atoms with Crippen LogP contribution in [0.3, 0.4) is 0 Å². The molecule has 1 aliphatic heterocycles. The molecule has 0 bridgehead atoms. The van der Waals surface area contributed by atoms with E-state index in [9.17, 15) is 4.79 Å². The van der Waals surface area contributed by atoms with E-state index in [2.05, 4.69) is 20.9 Å². The number of hydrogen-bond donors (Lipinski definition) is 3. The van der Waals surface area contributed by atoms with Crippen LogP contribution in [0.2, 0.25) is 5.02 Å². The topological polar surface area (TPSA) is 115 Å². The van der Waals surface area contributed by atoms with Crippen molar-refractivity contribution in [2.24, 2.45) is 0 Å². The quantitative estimate of drug-likeness (QED) is 0.187. The smallest absolute Gasteiger partial charge is 0.323 e. The highest BCUT2D eigenvalue weighted by atomic mass is 35.5. The molecule has 212 valence electrons. The van der Waals surface area contributed by atoms with Gasteiger partial charge in [0, 0.05) is 35.4 Å². The molecule has 4 heterocycles. The molecule has 0 unspecified atom stereocenters. The Morgan fingerprint density at radius 1 is 0.837 bits per heavy atom. The summed E-state index contributed by atoms with van der Waals surface area (Å²) in [4.78, 5) is 22.0. The summed E-state index contributed by atoms with van der Waals surface area (Å²) in [6, 6.07) is 27.5. The zero-order valence-corrected chi connectivity index (χ0v) is 23.4. The van der Waals surface area contributed by atoms with Crippen LogP contribution in [0.4, 0.5) is 27.8 Å². The zero-order valence-electron chi connectivity index (χ0n) is 22.6. The maximum atomic E-state index is 12.7. The second-order valence-corrected chi connectivity index (χ2v) is 10.0. The second-order valence-electron chi connectivity index (χ2n) is 9.64. The van der Waals surface area contributed by atoms with Crippen LogP contribution in [0, 0.1) is 0 Å². The van der Waals surface area contributed by atoms with Gasteiger partial charge in [0.05, 0.1) is 27.5 Å². The van der Waals surface area contributed by atoms with Crippen molar-refractivity contribution in [3.63, 3.8) is 0 Å². The molecule has 0 saturated carbocycles. The lowest BCUT2D eigenvalue weighted by molar-refractivity contribution is 0.171. The molecule has 11 heteroatoms. The molecule has 0 saturated heterocycles. The fourth-order valence-electron chi connectivity index (χ4n) is 4.85. The number of halogens is 1. The zero-order chi connectivity index (χ0) is 29.2. The van der Waals surface area contributed by atoms with Crippen LogP contribution >= 0.6 is 11.6 Å². The van der Waals surface area contributed by atoms with E-state index in [4.69, 9.17) is 31.2 Å². The number of para-hydroxylation sites is 1. The molecule has 6 aromatic rings. The fraction of sp³-hybridized carbons (Fsp3) is 0.0625. The Kier molecular flexibility index (Phi) is 6.94. The van der Waals surface area contributed by atoms with Gasteiger partial charge in [-0.2, -0.15) is 5.10 Å². The van der Waals surface area contributed by atoms with Crippen molar-refractivity contribution >= 4 is 46.2 Å². The maximum absolute atomic E-state index is 12.7. The van der Waals surface area contributed by atoms with Gasteiger partial charge < -0.3 is 25.4 Å². The molecule has 3 N–H and O–H groups in total. The molecule has 3 aromatic heterocycles. The molecule has 0 aliphatic carbocycles. The molecule has 7 rings (SSSR count). The molecule has 43 heavy (non-hydrogen) atoms. The number of fused-ring (bicyclic) bond motifs is 2. The Hall–Kier alpha value is -5.61. The number of carbonyl (C=O) groups is 1. The number of nitrogens with zero attached hydrogens (tertiary/aromatic N) is 4. The minimum Gasteiger partial charge on any atom is -0.486 e. The van der Waals surface area contributed by atoms with Crippen molar-refractivity contribution in [1.29, 1.82) is 0 Å². The number of rotatable bonds is 6. The van der Waals surface area contributed by atoms with Gasteiger partial charge in [0.2, 0.25) is 5.95 Å². The van der Waals surface area contributed by atoms with Gasteiger partial charge in [-0.1, -0.05) is 41.9 Å². The molecule has 0 atom stereocenters. The number of benzene rings is 3. The van der Waals surface area contributed by atoms with Crippen LogP contribution in [-0.2, 0) is 0 Å². The Morgan fingerprint density at radius 3 is 2.60 bits per heavy atom. The molecular weight excluding hydrogens is 566 g/mol. The number of nitrogens with one attached hydrogen (secondary N) is 3. The Morgan fingerprint density at radius 2 is 1.70 bits per heavy atom. The van der Waals surface area contributed by atoms with Crippen LogP contribution in [0.25, 0.3) is 28.0 Å². The van der Waals surface area contributed by atoms with Crippen molar-refractivity contribution in [3.8, 4) is 34.0 Å². The number of amides is 2. The van der Waals surface area contributed by atoms with Gasteiger partial charge in [0.15, 0.2) is 11.5 Å². The monoisotopic (exact) mass is 589 g/mol. The molecular formula is C32H24ClN7O3. The number of pyridine rings is 1. The normalized spacial score (nSPS) is 12.1. The largest absolute Gasteiger partial charge is 0.486 e. The standard InChI is InChI=1S/C32H24ClN7O3/c33-23-8-1-2-9-24(23)38-32(41)36-21-7-5-6-20(18-21)30-29(26-10-3-4-15-40(26)39-30)25-13-14-34-31(37-25)35-22-11-12-27-28(19-22)43-17-16-42-27/h1-15,18-19H,16-17H2,(H,34,35,37)(H2,36,38,41). The Labute approximate surface area is 251 Å². The average molecular weight is 590 g/mol. The van der Waals surface area contributed by atoms with Crippen molar-refractivity contribution in [1.82, 2.24) is 19.6 Å². The third-order valence-electron chi connectivity index (χ3n) is 6.77. The fourth-order valence-corrected chi connectivity index (χ4v) is 5.04. The first-order valence-corrected chi connectivity index (χ1v) is 13.9. The van der Waals surface area contributed by atoms with Gasteiger partial charge in [-0.25, -0.2) is 19.3 Å². The Balaban J connectivity index is 1.21. The molecule has 0 radical (unpaired) electrons. The number of carbonyl (C=O) groups excluding carboxylic acids is 1. The summed E-state index contributed by atoms with van der Waals surface area (Å²) in [5.41, 5.74) is 5.76. The number of aromatic nitrogens is 4. The Bertz CT molecular complexity index is 1980. The maximum Gasteiger partial charge on any atom is 0.323 e. The molecule has 0 fully saturated rings. The van der Waals surface area contributed by atoms with E-state index in [1.165, 1.54) is 0 Å². The summed E-state index contributed by atoms with van der Waals surface area (Å²) >= 11 is 6.20. The number of hydrogen-bond acceptors (Lipinski definition) is 7. The van der Waals surface area contributed by atoms with E-state index >= 15 is 0 Å². The molecule has 2 amide bonds. The first-order valence-electron chi connectivity index (χ1n) is 13.5. The van der Waals surface area contributed by atoms with E-state index in [1.807, 2.05) is 77.4 Å². The van der Waals surface area contributed by atoms with Gasteiger partial charge in [-0.3, -0.25) is 0 Å². The number of urea groups is 1. The second kappa shape index (κ2) is 11.3. The summed E-state index contributed by atoms with van der Waals surface area (Å²) in [7, 11) is 0. The number of anilines is 4. The van der Waals surface area contributed by atoms with E-state index in [1.54, 1.807) is 30.5 Å². The third kappa shape index (κ3) is 5.51. The van der Waals surface area contributed by atoms with Crippen LogP contribution in [-0.4, -0.2) is 38.8 Å². The summed E-state index contributed by atoms with van der Waals surface area (Å²) in [6.07, 6.45) is 3.59. The first kappa shape index (κ1) is 26.3. The van der Waals surface area contributed by atoms with Gasteiger partial charge in [-0.15, -0.1) is 0 Å². The molecule has 1 aliphatic rings. The molecule has 10 nitrogen and oxygen atoms in total. The SMILES string of the molecule is O=C(Nc1cccc(-c2nn3ccccc3c2-c2ccnc(Nc3ccc4c(c3)OCCO4)n2)c1)Nc1ccccc1Cl. The van der Waals surface area contributed by atoms with E-state index in [0.717, 1.165) is 22.3 Å². The van der Waals surface area contributed by atoms with Gasteiger partial charge in [0.25, 0.3) is 0 Å². The lowest BCUT2D eigenvalue weighted by Gasteiger charge is -2.19. The van der Waals surface area contributed by atoms with Gasteiger partial charge >= 0.3 is 6.03 Å². The van der Waals surface area contributed by atoms with Crippen LogP contribution in [0.5, 0.6) is 11.5 Å². The average Bonchev–Trinajstić information content (AvgIpc) is 3.42. The predicted octanol–water partition coefficient (Wildman–Crippen LogP) is 7.27. The molecule has 3 aromatic carbocycles. The van der Waals surface area contributed by atoms with Crippen LogP contribution in [0.1, 0.15) is 0 Å². The van der Waals surface area contributed by atoms with Crippen molar-refractivity contribution in [3.05, 3.63) is 108 Å². The highest BCUT2D eigenvalue weighted by Gasteiger charge is 2.19. The lowest BCUT2D eigenvalue weighted by atomic mass is 10.0. The van der Waals surface area contributed by atoms with E-state index in [-0.39, 0.29) is 0 Å². The van der Waals surface area contributed by atoms with Crippen LogP contribution < -0.4 is 25.4 Å². The minimum absolute atomic E-state index is 0.411. The third-order valence-corrected chi connectivity index (χ3v) is 7.10. The van der Waals surface area contributed by atoms with E-state index in [0.29, 0.717) is 58.4 Å². The van der Waals surface area contributed by atoms with Crippen LogP contribution in [0.15, 0.2) is 103 Å². The van der Waals surface area contributed by atoms with Gasteiger partial charge in [-0.05, 0) is 54.6 Å².